The van der Waals surface area contributed by atoms with E-state index in [4.69, 9.17) is 5.73 Å². The average molecular weight is 426 g/mol. The third kappa shape index (κ3) is 3.29. The van der Waals surface area contributed by atoms with E-state index < -0.39 is 34.8 Å². The Labute approximate surface area is 173 Å². The lowest BCUT2D eigenvalue weighted by atomic mass is 9.81. The van der Waals surface area contributed by atoms with E-state index in [1.807, 2.05) is 0 Å². The van der Waals surface area contributed by atoms with Gasteiger partial charge in [-0.05, 0) is 24.3 Å². The lowest BCUT2D eigenvalue weighted by molar-refractivity contribution is -0.137. The third-order valence-corrected chi connectivity index (χ3v) is 4.94. The SMILES string of the molecule is Nc1c(C(=O)O)cc(Nc2cccc(C(F)(F)F)c2)c2c1C(=O)c1ccccc1C2=O. The van der Waals surface area contributed by atoms with Gasteiger partial charge in [0.25, 0.3) is 0 Å². The average Bonchev–Trinajstić information content (AvgIpc) is 2.72. The molecule has 9 heteroatoms. The summed E-state index contributed by atoms with van der Waals surface area (Å²) in [4.78, 5) is 37.9. The van der Waals surface area contributed by atoms with E-state index in [9.17, 15) is 32.7 Å². The van der Waals surface area contributed by atoms with Crippen LogP contribution in [0.3, 0.4) is 0 Å². The van der Waals surface area contributed by atoms with Crippen LogP contribution in [0.4, 0.5) is 30.2 Å². The van der Waals surface area contributed by atoms with Crippen molar-refractivity contribution in [3.63, 3.8) is 0 Å². The molecule has 6 nitrogen and oxygen atoms in total. The molecule has 4 N–H and O–H groups in total. The lowest BCUT2D eigenvalue weighted by Crippen LogP contribution is -2.25. The first-order valence-electron chi connectivity index (χ1n) is 8.92. The first-order chi connectivity index (χ1) is 14.6. The molecular formula is C22H13F3N2O4. The quantitative estimate of drug-likeness (QED) is 0.416. The Hall–Kier alpha value is -4.14. The highest BCUT2D eigenvalue weighted by molar-refractivity contribution is 6.32. The fourth-order valence-electron chi connectivity index (χ4n) is 3.52. The molecule has 0 atom stereocenters. The van der Waals surface area contributed by atoms with E-state index in [0.717, 1.165) is 24.3 Å². The number of rotatable bonds is 3. The van der Waals surface area contributed by atoms with Crippen molar-refractivity contribution in [2.45, 2.75) is 6.18 Å². The fraction of sp³-hybridized carbons (Fsp3) is 0.0455. The normalized spacial score (nSPS) is 12.9. The van der Waals surface area contributed by atoms with Crippen molar-refractivity contribution < 1.29 is 32.7 Å². The minimum atomic E-state index is -4.60. The van der Waals surface area contributed by atoms with Crippen LogP contribution in [0.5, 0.6) is 0 Å². The highest BCUT2D eigenvalue weighted by Crippen LogP contribution is 2.39. The molecule has 0 bridgehead atoms. The van der Waals surface area contributed by atoms with E-state index >= 15 is 0 Å². The number of fused-ring (bicyclic) bond motifs is 2. The molecule has 31 heavy (non-hydrogen) atoms. The van der Waals surface area contributed by atoms with E-state index in [1.165, 1.54) is 18.2 Å². The van der Waals surface area contributed by atoms with Crippen LogP contribution >= 0.6 is 0 Å². The fourth-order valence-corrected chi connectivity index (χ4v) is 3.52. The molecule has 156 valence electrons. The van der Waals surface area contributed by atoms with Gasteiger partial charge >= 0.3 is 12.1 Å². The maximum absolute atomic E-state index is 13.1. The van der Waals surface area contributed by atoms with Gasteiger partial charge in [0, 0.05) is 16.8 Å². The predicted molar refractivity (Wildman–Crippen MR) is 106 cm³/mol. The molecule has 0 aromatic heterocycles. The molecule has 0 saturated carbocycles. The molecule has 3 aromatic rings. The number of anilines is 3. The van der Waals surface area contributed by atoms with Crippen molar-refractivity contribution in [1.29, 1.82) is 0 Å². The van der Waals surface area contributed by atoms with Gasteiger partial charge < -0.3 is 16.2 Å². The molecule has 0 radical (unpaired) electrons. The summed E-state index contributed by atoms with van der Waals surface area (Å²) in [7, 11) is 0. The largest absolute Gasteiger partial charge is 0.478 e. The van der Waals surface area contributed by atoms with Gasteiger partial charge in [0.1, 0.15) is 0 Å². The van der Waals surface area contributed by atoms with Gasteiger partial charge in [-0.15, -0.1) is 0 Å². The van der Waals surface area contributed by atoms with Gasteiger partial charge in [-0.1, -0.05) is 30.3 Å². The Morgan fingerprint density at radius 1 is 0.903 bits per heavy atom. The Bertz CT molecular complexity index is 1280. The number of nitrogen functional groups attached to an aromatic ring is 1. The number of hydrogen-bond acceptors (Lipinski definition) is 5. The minimum Gasteiger partial charge on any atom is -0.478 e. The van der Waals surface area contributed by atoms with Crippen LogP contribution in [-0.4, -0.2) is 22.6 Å². The van der Waals surface area contributed by atoms with E-state index in [0.29, 0.717) is 0 Å². The molecule has 3 aromatic carbocycles. The first-order valence-corrected chi connectivity index (χ1v) is 8.92. The zero-order valence-corrected chi connectivity index (χ0v) is 15.6. The minimum absolute atomic E-state index is 0.0442. The number of nitrogens with two attached hydrogens (primary N) is 1. The second-order valence-electron chi connectivity index (χ2n) is 6.85. The molecule has 1 aliphatic carbocycles. The van der Waals surface area contributed by atoms with Crippen LogP contribution in [0.2, 0.25) is 0 Å². The van der Waals surface area contributed by atoms with E-state index in [1.54, 1.807) is 12.1 Å². The second kappa shape index (κ2) is 6.98. The second-order valence-corrected chi connectivity index (χ2v) is 6.85. The Kier molecular flexibility index (Phi) is 4.53. The molecule has 4 rings (SSSR count). The topological polar surface area (TPSA) is 109 Å². The van der Waals surface area contributed by atoms with Gasteiger partial charge in [-0.25, -0.2) is 4.79 Å². The number of aromatic carboxylic acids is 1. The Morgan fingerprint density at radius 3 is 2.10 bits per heavy atom. The molecule has 0 amide bonds. The zero-order valence-electron chi connectivity index (χ0n) is 15.6. The smallest absolute Gasteiger partial charge is 0.416 e. The number of hydrogen-bond donors (Lipinski definition) is 3. The number of halogens is 3. The van der Waals surface area contributed by atoms with Gasteiger partial charge in [0.15, 0.2) is 11.6 Å². The standard InChI is InChI=1S/C22H13F3N2O4/c23-22(24,25)10-4-3-5-11(8-10)27-15-9-14(21(30)31)18(26)17-16(15)19(28)12-6-1-2-7-13(12)20(17)29/h1-9,27H,26H2,(H,30,31). The van der Waals surface area contributed by atoms with Crippen LogP contribution in [0, 0.1) is 0 Å². The molecule has 1 aliphatic rings. The van der Waals surface area contributed by atoms with Crippen LogP contribution in [0.15, 0.2) is 54.6 Å². The van der Waals surface area contributed by atoms with Crippen LogP contribution in [-0.2, 0) is 6.18 Å². The zero-order chi connectivity index (χ0) is 22.5. The highest BCUT2D eigenvalue weighted by Gasteiger charge is 2.36. The number of carboxylic acid groups (broad SMARTS) is 1. The highest BCUT2D eigenvalue weighted by atomic mass is 19.4. The van der Waals surface area contributed by atoms with Crippen LogP contribution in [0.25, 0.3) is 0 Å². The summed E-state index contributed by atoms with van der Waals surface area (Å²) < 4.78 is 39.2. The third-order valence-electron chi connectivity index (χ3n) is 4.94. The molecule has 0 fully saturated rings. The Morgan fingerprint density at radius 2 is 1.52 bits per heavy atom. The predicted octanol–water partition coefficient (Wildman–Crippen LogP) is 4.50. The maximum Gasteiger partial charge on any atom is 0.416 e. The van der Waals surface area contributed by atoms with Crippen molar-refractivity contribution in [2.24, 2.45) is 0 Å². The van der Waals surface area contributed by atoms with Crippen molar-refractivity contribution in [3.05, 3.63) is 88.0 Å². The number of carbonyl (C=O) groups is 3. The summed E-state index contributed by atoms with van der Waals surface area (Å²) >= 11 is 0. The summed E-state index contributed by atoms with van der Waals surface area (Å²) in [6.45, 7) is 0. The summed E-state index contributed by atoms with van der Waals surface area (Å²) in [5, 5.41) is 12.2. The lowest BCUT2D eigenvalue weighted by Gasteiger charge is -2.23. The van der Waals surface area contributed by atoms with Crippen LogP contribution < -0.4 is 11.1 Å². The van der Waals surface area contributed by atoms with Crippen molar-refractivity contribution in [2.75, 3.05) is 11.1 Å². The van der Waals surface area contributed by atoms with Gasteiger partial charge in [-0.3, -0.25) is 9.59 Å². The van der Waals surface area contributed by atoms with Crippen molar-refractivity contribution in [3.8, 4) is 0 Å². The monoisotopic (exact) mass is 426 g/mol. The molecular weight excluding hydrogens is 413 g/mol. The summed E-state index contributed by atoms with van der Waals surface area (Å²) in [5.74, 6) is -2.69. The molecule has 0 heterocycles. The van der Waals surface area contributed by atoms with Gasteiger partial charge in [-0.2, -0.15) is 13.2 Å². The first kappa shape index (κ1) is 20.1. The summed E-state index contributed by atoms with van der Waals surface area (Å²) in [6, 6.07) is 11.2. The number of ketones is 2. The number of carboxylic acids is 1. The van der Waals surface area contributed by atoms with Gasteiger partial charge in [0.2, 0.25) is 0 Å². The maximum atomic E-state index is 13.1. The molecule has 0 aliphatic heterocycles. The molecule has 0 spiro atoms. The molecule has 0 saturated heterocycles. The Balaban J connectivity index is 1.94. The molecule has 0 unspecified atom stereocenters. The number of benzene rings is 3. The van der Waals surface area contributed by atoms with Crippen molar-refractivity contribution in [1.82, 2.24) is 0 Å². The number of alkyl halides is 3. The summed E-state index contributed by atoms with van der Waals surface area (Å²) in [6.07, 6.45) is -4.60. The van der Waals surface area contributed by atoms with Gasteiger partial charge in [0.05, 0.1) is 33.6 Å². The van der Waals surface area contributed by atoms with Crippen LogP contribution in [0.1, 0.15) is 47.8 Å². The number of nitrogens with one attached hydrogen (secondary N) is 1. The van der Waals surface area contributed by atoms with E-state index in [-0.39, 0.29) is 39.3 Å². The van der Waals surface area contributed by atoms with E-state index in [2.05, 4.69) is 5.32 Å². The number of carbonyl (C=O) groups excluding carboxylic acids is 2. The van der Waals surface area contributed by atoms with Crippen molar-refractivity contribution >= 4 is 34.6 Å². The summed E-state index contributed by atoms with van der Waals surface area (Å²) in [5.41, 5.74) is 3.66.